The van der Waals surface area contributed by atoms with Crippen LogP contribution in [0.4, 0.5) is 0 Å². The first-order valence-corrected chi connectivity index (χ1v) is 7.54. The van der Waals surface area contributed by atoms with Gasteiger partial charge in [0, 0.05) is 13.3 Å². The lowest BCUT2D eigenvalue weighted by atomic mass is 10.0. The summed E-state index contributed by atoms with van der Waals surface area (Å²) < 4.78 is 4.97. The van der Waals surface area contributed by atoms with Gasteiger partial charge in [-0.15, -0.1) is 0 Å². The fourth-order valence-electron chi connectivity index (χ4n) is 1.87. The maximum Gasteiger partial charge on any atom is 0.326 e. The monoisotopic (exact) mass is 330 g/mol. The zero-order valence-electron chi connectivity index (χ0n) is 14.2. The maximum absolute atomic E-state index is 12.2. The Hall–Kier alpha value is -2.12. The van der Waals surface area contributed by atoms with Crippen LogP contribution in [0.1, 0.15) is 47.5 Å². The molecule has 2 unspecified atom stereocenters. The summed E-state index contributed by atoms with van der Waals surface area (Å²) in [6, 6.07) is -2.06. The molecular formula is C15H26N2O6. The lowest BCUT2D eigenvalue weighted by molar-refractivity contribution is -0.148. The van der Waals surface area contributed by atoms with E-state index in [0.717, 1.165) is 0 Å². The molecule has 132 valence electrons. The average Bonchev–Trinajstić information content (AvgIpc) is 2.38. The average molecular weight is 330 g/mol. The number of ether oxygens (including phenoxy) is 1. The van der Waals surface area contributed by atoms with Gasteiger partial charge in [0.1, 0.15) is 12.1 Å². The molecule has 0 fully saturated rings. The number of hydrogen-bond acceptors (Lipinski definition) is 5. The van der Waals surface area contributed by atoms with Crippen LogP contribution in [-0.2, 0) is 23.9 Å². The molecule has 0 saturated heterocycles. The van der Waals surface area contributed by atoms with Crippen molar-refractivity contribution in [2.75, 3.05) is 0 Å². The Kier molecular flexibility index (Phi) is 8.90. The van der Waals surface area contributed by atoms with Crippen molar-refractivity contribution in [1.82, 2.24) is 10.6 Å². The van der Waals surface area contributed by atoms with E-state index in [1.54, 1.807) is 27.7 Å². The van der Waals surface area contributed by atoms with Crippen molar-refractivity contribution < 1.29 is 29.0 Å². The maximum atomic E-state index is 12.2. The number of carbonyl (C=O) groups is 4. The Labute approximate surface area is 136 Å². The Balaban J connectivity index is 4.81. The van der Waals surface area contributed by atoms with Gasteiger partial charge in [-0.2, -0.15) is 0 Å². The van der Waals surface area contributed by atoms with Crippen LogP contribution in [0.3, 0.4) is 0 Å². The smallest absolute Gasteiger partial charge is 0.326 e. The molecule has 0 aromatic carbocycles. The molecule has 0 radical (unpaired) electrons. The summed E-state index contributed by atoms with van der Waals surface area (Å²) in [7, 11) is 0. The van der Waals surface area contributed by atoms with E-state index in [2.05, 4.69) is 10.6 Å². The van der Waals surface area contributed by atoms with Crippen molar-refractivity contribution in [2.24, 2.45) is 5.92 Å². The van der Waals surface area contributed by atoms with Crippen LogP contribution in [0.15, 0.2) is 0 Å². The lowest BCUT2D eigenvalue weighted by Crippen LogP contribution is -2.53. The number of carboxylic acid groups (broad SMARTS) is 1. The van der Waals surface area contributed by atoms with Crippen molar-refractivity contribution in [1.29, 1.82) is 0 Å². The van der Waals surface area contributed by atoms with Gasteiger partial charge in [0.2, 0.25) is 11.8 Å². The molecule has 2 amide bonds. The zero-order valence-corrected chi connectivity index (χ0v) is 14.2. The minimum absolute atomic E-state index is 0.0292. The van der Waals surface area contributed by atoms with Gasteiger partial charge in [-0.25, -0.2) is 4.79 Å². The molecule has 2 atom stereocenters. The molecule has 0 aliphatic carbocycles. The highest BCUT2D eigenvalue weighted by Gasteiger charge is 2.28. The molecule has 0 saturated carbocycles. The van der Waals surface area contributed by atoms with Crippen LogP contribution < -0.4 is 10.6 Å². The van der Waals surface area contributed by atoms with Gasteiger partial charge in [0.05, 0.1) is 6.10 Å². The highest BCUT2D eigenvalue weighted by molar-refractivity contribution is 5.90. The highest BCUT2D eigenvalue weighted by atomic mass is 16.5. The predicted octanol–water partition coefficient (Wildman–Crippen LogP) is 0.448. The summed E-state index contributed by atoms with van der Waals surface area (Å²) in [6.07, 6.45) is -0.301. The highest BCUT2D eigenvalue weighted by Crippen LogP contribution is 2.06. The van der Waals surface area contributed by atoms with Crippen LogP contribution >= 0.6 is 0 Å². The van der Waals surface area contributed by atoms with Crippen molar-refractivity contribution in [2.45, 2.75) is 65.6 Å². The number of aliphatic carboxylic acids is 1. The molecule has 0 aromatic heterocycles. The van der Waals surface area contributed by atoms with E-state index >= 15 is 0 Å². The van der Waals surface area contributed by atoms with Crippen LogP contribution in [0.2, 0.25) is 0 Å². The minimum Gasteiger partial charge on any atom is -0.480 e. The SMILES string of the molecule is CC(=O)NC(CCC(=O)OC(C)C)C(=O)NC(C(=O)O)C(C)C. The molecule has 0 heterocycles. The van der Waals surface area contributed by atoms with E-state index in [-0.39, 0.29) is 24.9 Å². The number of nitrogens with one attached hydrogen (secondary N) is 2. The number of amides is 2. The minimum atomic E-state index is -1.16. The molecule has 8 heteroatoms. The lowest BCUT2D eigenvalue weighted by Gasteiger charge is -2.22. The summed E-state index contributed by atoms with van der Waals surface area (Å²) in [5.41, 5.74) is 0. The molecule has 0 rings (SSSR count). The second-order valence-electron chi connectivity index (χ2n) is 5.90. The third kappa shape index (κ3) is 8.80. The van der Waals surface area contributed by atoms with Gasteiger partial charge < -0.3 is 20.5 Å². The number of rotatable bonds is 9. The Bertz CT molecular complexity index is 447. The normalized spacial score (nSPS) is 13.3. The molecule has 0 bridgehead atoms. The van der Waals surface area contributed by atoms with Gasteiger partial charge in [-0.1, -0.05) is 13.8 Å². The number of hydrogen-bond donors (Lipinski definition) is 3. The first kappa shape index (κ1) is 20.9. The topological polar surface area (TPSA) is 122 Å². The molecule has 0 aliphatic rings. The van der Waals surface area contributed by atoms with Gasteiger partial charge in [0.25, 0.3) is 0 Å². The second kappa shape index (κ2) is 9.81. The third-order valence-corrected chi connectivity index (χ3v) is 2.93. The summed E-state index contributed by atoms with van der Waals surface area (Å²) in [5, 5.41) is 13.9. The molecule has 23 heavy (non-hydrogen) atoms. The van der Waals surface area contributed by atoms with Gasteiger partial charge in [-0.05, 0) is 26.2 Å². The quantitative estimate of drug-likeness (QED) is 0.528. The van der Waals surface area contributed by atoms with Crippen LogP contribution in [0.25, 0.3) is 0 Å². The third-order valence-electron chi connectivity index (χ3n) is 2.93. The Morgan fingerprint density at radius 1 is 1.04 bits per heavy atom. The van der Waals surface area contributed by atoms with E-state index in [4.69, 9.17) is 9.84 Å². The van der Waals surface area contributed by atoms with E-state index < -0.39 is 35.8 Å². The summed E-state index contributed by atoms with van der Waals surface area (Å²) >= 11 is 0. The standard InChI is InChI=1S/C15H26N2O6/c1-8(2)13(15(21)22)17-14(20)11(16-10(5)18)6-7-12(19)23-9(3)4/h8-9,11,13H,6-7H2,1-5H3,(H,16,18)(H,17,20)(H,21,22). The predicted molar refractivity (Wildman–Crippen MR) is 82.5 cm³/mol. The fourth-order valence-corrected chi connectivity index (χ4v) is 1.87. The molecule has 3 N–H and O–H groups in total. The summed E-state index contributed by atoms with van der Waals surface area (Å²) in [4.78, 5) is 46.1. The van der Waals surface area contributed by atoms with Crippen LogP contribution in [-0.4, -0.2) is 47.0 Å². The number of carboxylic acids is 1. The van der Waals surface area contributed by atoms with Crippen molar-refractivity contribution in [3.05, 3.63) is 0 Å². The van der Waals surface area contributed by atoms with Crippen LogP contribution in [0, 0.1) is 5.92 Å². The van der Waals surface area contributed by atoms with E-state index in [0.29, 0.717) is 0 Å². The van der Waals surface area contributed by atoms with E-state index in [1.165, 1.54) is 6.92 Å². The van der Waals surface area contributed by atoms with Gasteiger partial charge >= 0.3 is 11.9 Å². The number of carbonyl (C=O) groups excluding carboxylic acids is 3. The zero-order chi connectivity index (χ0) is 18.2. The first-order chi connectivity index (χ1) is 10.5. The molecular weight excluding hydrogens is 304 g/mol. The van der Waals surface area contributed by atoms with Gasteiger partial charge in [0.15, 0.2) is 0 Å². The van der Waals surface area contributed by atoms with Crippen molar-refractivity contribution in [3.8, 4) is 0 Å². The van der Waals surface area contributed by atoms with E-state index in [9.17, 15) is 19.2 Å². The van der Waals surface area contributed by atoms with Gasteiger partial charge in [-0.3, -0.25) is 14.4 Å². The Morgan fingerprint density at radius 2 is 1.61 bits per heavy atom. The summed E-state index contributed by atoms with van der Waals surface area (Å²) in [5.74, 6) is -3.05. The molecule has 8 nitrogen and oxygen atoms in total. The Morgan fingerprint density at radius 3 is 2.00 bits per heavy atom. The fraction of sp³-hybridized carbons (Fsp3) is 0.733. The summed E-state index contributed by atoms with van der Waals surface area (Å²) in [6.45, 7) is 7.97. The molecule has 0 spiro atoms. The van der Waals surface area contributed by atoms with Crippen LogP contribution in [0.5, 0.6) is 0 Å². The second-order valence-corrected chi connectivity index (χ2v) is 5.90. The first-order valence-electron chi connectivity index (χ1n) is 7.54. The molecule has 0 aliphatic heterocycles. The molecule has 0 aromatic rings. The van der Waals surface area contributed by atoms with Crippen molar-refractivity contribution >= 4 is 23.8 Å². The largest absolute Gasteiger partial charge is 0.480 e. The number of esters is 1. The van der Waals surface area contributed by atoms with E-state index in [1.807, 2.05) is 0 Å². The van der Waals surface area contributed by atoms with Crippen molar-refractivity contribution in [3.63, 3.8) is 0 Å².